The van der Waals surface area contributed by atoms with Crippen LogP contribution in [0, 0.1) is 41.4 Å². The van der Waals surface area contributed by atoms with Crippen LogP contribution in [0.3, 0.4) is 0 Å². The highest BCUT2D eigenvalue weighted by atomic mass is 16.4. The van der Waals surface area contributed by atoms with Crippen molar-refractivity contribution in [1.82, 2.24) is 69.1 Å². The molecule has 0 aliphatic heterocycles. The maximum Gasteiger partial charge on any atom is 0.303 e. The van der Waals surface area contributed by atoms with Crippen LogP contribution in [-0.2, 0) is 71.9 Å². The van der Waals surface area contributed by atoms with E-state index < -0.39 is 180 Å². The van der Waals surface area contributed by atoms with Crippen molar-refractivity contribution in [2.45, 2.75) is 355 Å². The standard InChI is InChI=1S/C83H159N21O16/c1-48(2)41-55(90)71(108)92-62(33-34-69(105)106)78(115)96-56(27-15-21-35-84)72(109)93-60(31-19-25-39-88)76(113)101-67(46-53(11)12)82(119)103-65(44-51(7)8)80(117)98-58(29-17-23-37-86)74(111)95-61(32-20-26-40-89)77(114)102-68(47-54(13)14)83(120)104-64(43-50(5)6)79(116)97-57(28-16-22-36-85)73(110)94-59(30-18-24-38-87)75(112)100-66(45-52(9)10)81(118)99-63(70(91)107)42-49(3)4/h48-68H,15-47,84-90H2,1-14H3,(H2,91,107)(H,92,108)(H,93,109)(H,94,110)(H,95,111)(H,96,115)(H,97,116)(H,98,117)(H,99,118)(H,100,112)(H,101,113)(H,102,114)(H,103,119)(H,104,120)(H,105,106)/t55-,56-,57-,58-,59-,60-,61-,62-,63-,64-,65-,66-,67-,68-/m0/s1. The third kappa shape index (κ3) is 49.0. The maximum atomic E-state index is 14.9. The van der Waals surface area contributed by atoms with Crippen LogP contribution in [0.25, 0.3) is 0 Å². The average molecular weight is 1710 g/mol. The van der Waals surface area contributed by atoms with Crippen molar-refractivity contribution in [2.24, 2.45) is 87.3 Å². The van der Waals surface area contributed by atoms with Gasteiger partial charge < -0.3 is 120 Å². The van der Waals surface area contributed by atoms with E-state index in [1.807, 2.05) is 96.9 Å². The van der Waals surface area contributed by atoms with Gasteiger partial charge in [-0.15, -0.1) is 0 Å². The van der Waals surface area contributed by atoms with E-state index in [0.717, 1.165) is 0 Å². The Kier molecular flexibility index (Phi) is 58.5. The number of carbonyl (C=O) groups excluding carboxylic acids is 14. The first kappa shape index (κ1) is 112. The van der Waals surface area contributed by atoms with Gasteiger partial charge >= 0.3 is 5.97 Å². The van der Waals surface area contributed by atoms with E-state index in [2.05, 4.69) is 69.1 Å². The maximum absolute atomic E-state index is 14.9. The van der Waals surface area contributed by atoms with Gasteiger partial charge in [0.2, 0.25) is 82.7 Å². The summed E-state index contributed by atoms with van der Waals surface area (Å²) in [5.74, 6) is -12.9. The number of carbonyl (C=O) groups is 15. The fourth-order valence-electron chi connectivity index (χ4n) is 13.5. The lowest BCUT2D eigenvalue weighted by Crippen LogP contribution is -2.61. The average Bonchev–Trinajstić information content (AvgIpc) is 0.855. The van der Waals surface area contributed by atoms with E-state index in [1.54, 1.807) is 0 Å². The molecule has 0 saturated carbocycles. The first-order valence-corrected chi connectivity index (χ1v) is 43.9. The topological polar surface area (TPSA) is 641 Å². The number of carboxylic acids is 1. The zero-order chi connectivity index (χ0) is 91.3. The van der Waals surface area contributed by atoms with Crippen molar-refractivity contribution in [3.8, 4) is 0 Å². The Balaban J connectivity index is 7.42. The summed E-state index contributed by atoms with van der Waals surface area (Å²) in [7, 11) is 0. The lowest BCUT2D eigenvalue weighted by Gasteiger charge is -2.30. The van der Waals surface area contributed by atoms with Crippen LogP contribution in [0.5, 0.6) is 0 Å². The number of amides is 14. The minimum Gasteiger partial charge on any atom is -0.481 e. The number of nitrogens with two attached hydrogens (primary N) is 8. The number of rotatable bonds is 68. The number of aliphatic carboxylic acids is 1. The van der Waals surface area contributed by atoms with Gasteiger partial charge in [0.25, 0.3) is 0 Å². The highest BCUT2D eigenvalue weighted by Gasteiger charge is 2.39. The summed E-state index contributed by atoms with van der Waals surface area (Å²) in [4.78, 5) is 212. The normalized spacial score (nSPS) is 15.1. The Morgan fingerprint density at radius 2 is 0.367 bits per heavy atom. The molecule has 0 aliphatic rings. The molecule has 0 heterocycles. The number of nitrogens with one attached hydrogen (secondary N) is 13. The molecule has 120 heavy (non-hydrogen) atoms. The second kappa shape index (κ2) is 62.8. The smallest absolute Gasteiger partial charge is 0.303 e. The fourth-order valence-corrected chi connectivity index (χ4v) is 13.5. The first-order chi connectivity index (χ1) is 56.5. The van der Waals surface area contributed by atoms with Gasteiger partial charge in [-0.25, -0.2) is 0 Å². The molecular formula is C83H159N21O16. The molecule has 0 aromatic carbocycles. The fraction of sp³-hybridized carbons (Fsp3) is 0.819. The minimum absolute atomic E-state index is 0.00301. The molecule has 692 valence electrons. The quantitative estimate of drug-likeness (QED) is 0.0358. The number of primary amides is 1. The number of carboxylic acid groups (broad SMARTS) is 1. The summed E-state index contributed by atoms with van der Waals surface area (Å²) in [5.41, 5.74) is 47.1. The molecule has 0 bridgehead atoms. The Morgan fingerprint density at radius 1 is 0.217 bits per heavy atom. The highest BCUT2D eigenvalue weighted by Crippen LogP contribution is 2.19. The van der Waals surface area contributed by atoms with E-state index in [-0.39, 0.29) is 171 Å². The van der Waals surface area contributed by atoms with Crippen LogP contribution in [0.1, 0.15) is 270 Å². The molecule has 0 saturated heterocycles. The van der Waals surface area contributed by atoms with Gasteiger partial charge in [-0.2, -0.15) is 0 Å². The van der Waals surface area contributed by atoms with Crippen molar-refractivity contribution in [2.75, 3.05) is 39.3 Å². The van der Waals surface area contributed by atoms with E-state index >= 15 is 0 Å². The molecule has 30 N–H and O–H groups in total. The van der Waals surface area contributed by atoms with Gasteiger partial charge in [-0.3, -0.25) is 71.9 Å². The third-order valence-corrected chi connectivity index (χ3v) is 19.9. The molecule has 0 spiro atoms. The van der Waals surface area contributed by atoms with Gasteiger partial charge in [-0.05, 0) is 248 Å². The number of hydrogen-bond donors (Lipinski definition) is 22. The summed E-state index contributed by atoms with van der Waals surface area (Å²) in [6.07, 6.45) is 4.98. The predicted octanol–water partition coefficient (Wildman–Crippen LogP) is 0.0629. The lowest BCUT2D eigenvalue weighted by atomic mass is 9.98. The molecule has 0 radical (unpaired) electrons. The molecular weight excluding hydrogens is 1550 g/mol. The van der Waals surface area contributed by atoms with E-state index in [4.69, 9.17) is 45.9 Å². The monoisotopic (exact) mass is 1710 g/mol. The second-order valence-corrected chi connectivity index (χ2v) is 34.9. The second-order valence-electron chi connectivity index (χ2n) is 34.9. The number of hydrogen-bond acceptors (Lipinski definition) is 22. The molecule has 0 rings (SSSR count). The highest BCUT2D eigenvalue weighted by molar-refractivity contribution is 6.00. The summed E-state index contributed by atoms with van der Waals surface area (Å²) in [6, 6.07) is -17.6. The summed E-state index contributed by atoms with van der Waals surface area (Å²) >= 11 is 0. The summed E-state index contributed by atoms with van der Waals surface area (Å²) in [5, 5.41) is 45.5. The summed E-state index contributed by atoms with van der Waals surface area (Å²) in [6.45, 7) is 27.1. The Hall–Kier alpha value is -8.23. The van der Waals surface area contributed by atoms with Crippen molar-refractivity contribution >= 4 is 88.7 Å². The van der Waals surface area contributed by atoms with Gasteiger partial charge in [-0.1, -0.05) is 96.9 Å². The molecule has 0 unspecified atom stereocenters. The van der Waals surface area contributed by atoms with Gasteiger partial charge in [0.1, 0.15) is 78.5 Å². The molecule has 0 aliphatic carbocycles. The Morgan fingerprint density at radius 3 is 0.533 bits per heavy atom. The van der Waals surface area contributed by atoms with E-state index in [0.29, 0.717) is 77.0 Å². The van der Waals surface area contributed by atoms with E-state index in [9.17, 15) is 77.0 Å². The van der Waals surface area contributed by atoms with Crippen LogP contribution in [0.15, 0.2) is 0 Å². The molecule has 37 heteroatoms. The van der Waals surface area contributed by atoms with Crippen molar-refractivity contribution < 1.29 is 77.0 Å². The SMILES string of the molecule is CC(C)C[C@H](NC(=O)[C@H](CC(C)C)NC(=O)[C@H](CCCCN)NC(=O)[C@H](CCCCN)NC(=O)[C@H](CC(C)C)NC(=O)[C@H](CC(C)C)NC(=O)[C@H](CCCCN)NC(=O)[C@H](CCCCN)NC(=O)[C@H](CC(C)C)NC(=O)[C@H](CC(C)C)NC(=O)[C@H](CCCCN)NC(=O)[C@H](CCCCN)NC(=O)[C@H](CCC(=O)O)NC(=O)[C@@H](N)CC(C)C)C(N)=O. The molecule has 0 fully saturated rings. The summed E-state index contributed by atoms with van der Waals surface area (Å²) < 4.78 is 0. The van der Waals surface area contributed by atoms with E-state index in [1.165, 1.54) is 0 Å². The predicted molar refractivity (Wildman–Crippen MR) is 463 cm³/mol. The Labute approximate surface area is 713 Å². The van der Waals surface area contributed by atoms with Gasteiger partial charge in [0, 0.05) is 6.42 Å². The van der Waals surface area contributed by atoms with Crippen molar-refractivity contribution in [3.05, 3.63) is 0 Å². The van der Waals surface area contributed by atoms with Crippen molar-refractivity contribution in [3.63, 3.8) is 0 Å². The molecule has 14 atom stereocenters. The molecule has 0 aromatic rings. The zero-order valence-electron chi connectivity index (χ0n) is 74.6. The largest absolute Gasteiger partial charge is 0.481 e. The van der Waals surface area contributed by atoms with Crippen LogP contribution in [0.4, 0.5) is 0 Å². The van der Waals surface area contributed by atoms with Gasteiger partial charge in [0.05, 0.1) is 6.04 Å². The molecule has 14 amide bonds. The molecule has 0 aromatic heterocycles. The van der Waals surface area contributed by atoms with Crippen LogP contribution >= 0.6 is 0 Å². The minimum atomic E-state index is -1.41. The zero-order valence-corrected chi connectivity index (χ0v) is 74.6. The van der Waals surface area contributed by atoms with Crippen LogP contribution in [-0.4, -0.2) is 218 Å². The number of unbranched alkanes of at least 4 members (excludes halogenated alkanes) is 6. The Bertz CT molecular complexity index is 3110. The van der Waals surface area contributed by atoms with Gasteiger partial charge in [0.15, 0.2) is 0 Å². The van der Waals surface area contributed by atoms with Crippen LogP contribution < -0.4 is 115 Å². The van der Waals surface area contributed by atoms with Crippen LogP contribution in [0.2, 0.25) is 0 Å². The lowest BCUT2D eigenvalue weighted by molar-refractivity contribution is -0.138. The molecule has 37 nitrogen and oxygen atoms in total. The van der Waals surface area contributed by atoms with Crippen molar-refractivity contribution in [1.29, 1.82) is 0 Å². The first-order valence-electron chi connectivity index (χ1n) is 43.9. The third-order valence-electron chi connectivity index (χ3n) is 19.9.